The Balaban J connectivity index is 2.22. The first kappa shape index (κ1) is 12.5. The summed E-state index contributed by atoms with van der Waals surface area (Å²) in [6, 6.07) is 15.5. The molecule has 1 heterocycles. The van der Waals surface area contributed by atoms with E-state index in [0.717, 1.165) is 33.3 Å². The van der Waals surface area contributed by atoms with Crippen LogP contribution < -0.4 is 10.3 Å². The van der Waals surface area contributed by atoms with Gasteiger partial charge in [0.15, 0.2) is 0 Å². The average molecular weight is 265 g/mol. The molecule has 0 spiro atoms. The van der Waals surface area contributed by atoms with Gasteiger partial charge < -0.3 is 9.72 Å². The lowest BCUT2D eigenvalue weighted by molar-refractivity contribution is 0.415. The minimum absolute atomic E-state index is 0.0657. The van der Waals surface area contributed by atoms with E-state index >= 15 is 0 Å². The average Bonchev–Trinajstić information content (AvgIpc) is 2.48. The third-order valence-electron chi connectivity index (χ3n) is 3.38. The van der Waals surface area contributed by atoms with E-state index in [4.69, 9.17) is 4.74 Å². The summed E-state index contributed by atoms with van der Waals surface area (Å²) in [5.41, 5.74) is 2.75. The lowest BCUT2D eigenvalue weighted by Crippen LogP contribution is -2.07. The molecule has 0 fully saturated rings. The van der Waals surface area contributed by atoms with Gasteiger partial charge in [0.2, 0.25) is 0 Å². The van der Waals surface area contributed by atoms with Crippen LogP contribution in [0.4, 0.5) is 0 Å². The van der Waals surface area contributed by atoms with Crippen molar-refractivity contribution in [1.29, 1.82) is 0 Å². The van der Waals surface area contributed by atoms with Crippen LogP contribution in [0.1, 0.15) is 5.56 Å². The fourth-order valence-electron chi connectivity index (χ4n) is 2.32. The molecular formula is C17H15NO2. The van der Waals surface area contributed by atoms with E-state index in [9.17, 15) is 4.79 Å². The van der Waals surface area contributed by atoms with Gasteiger partial charge in [0.05, 0.1) is 7.11 Å². The number of benzene rings is 2. The van der Waals surface area contributed by atoms with E-state index in [2.05, 4.69) is 4.98 Å². The lowest BCUT2D eigenvalue weighted by atomic mass is 10.1. The third-order valence-corrected chi connectivity index (χ3v) is 3.38. The number of H-pyrrole nitrogens is 1. The number of aromatic amines is 1. The first-order valence-corrected chi connectivity index (χ1v) is 6.45. The zero-order valence-corrected chi connectivity index (χ0v) is 11.4. The smallest absolute Gasteiger partial charge is 0.256 e. The second kappa shape index (κ2) is 4.85. The molecule has 0 aliphatic carbocycles. The summed E-state index contributed by atoms with van der Waals surface area (Å²) in [7, 11) is 1.63. The van der Waals surface area contributed by atoms with Crippen LogP contribution in [-0.2, 0) is 0 Å². The summed E-state index contributed by atoms with van der Waals surface area (Å²) in [4.78, 5) is 15.1. The zero-order chi connectivity index (χ0) is 14.1. The van der Waals surface area contributed by atoms with Crippen LogP contribution >= 0.6 is 0 Å². The molecule has 100 valence electrons. The number of aromatic nitrogens is 1. The van der Waals surface area contributed by atoms with Gasteiger partial charge in [-0.15, -0.1) is 0 Å². The van der Waals surface area contributed by atoms with Crippen molar-refractivity contribution in [2.24, 2.45) is 0 Å². The maximum Gasteiger partial charge on any atom is 0.256 e. The molecule has 2 aromatic carbocycles. The second-order valence-corrected chi connectivity index (χ2v) is 4.83. The van der Waals surface area contributed by atoms with Crippen LogP contribution in [0.25, 0.3) is 22.0 Å². The highest BCUT2D eigenvalue weighted by Gasteiger charge is 2.05. The Morgan fingerprint density at radius 1 is 1.05 bits per heavy atom. The summed E-state index contributed by atoms with van der Waals surface area (Å²) in [5, 5.41) is 1.66. The van der Waals surface area contributed by atoms with Crippen LogP contribution in [0.3, 0.4) is 0 Å². The van der Waals surface area contributed by atoms with Crippen molar-refractivity contribution in [2.75, 3.05) is 7.11 Å². The van der Waals surface area contributed by atoms with Gasteiger partial charge in [-0.25, -0.2) is 0 Å². The molecule has 3 aromatic rings. The summed E-state index contributed by atoms with van der Waals surface area (Å²) in [5.74, 6) is 0.771. The van der Waals surface area contributed by atoms with E-state index in [1.807, 2.05) is 55.5 Å². The maximum atomic E-state index is 12.2. The van der Waals surface area contributed by atoms with E-state index in [1.54, 1.807) is 7.11 Å². The lowest BCUT2D eigenvalue weighted by Gasteiger charge is -2.06. The third kappa shape index (κ3) is 2.18. The summed E-state index contributed by atoms with van der Waals surface area (Å²) >= 11 is 0. The number of hydrogen-bond donors (Lipinski definition) is 1. The predicted octanol–water partition coefficient (Wildman–Crippen LogP) is 3.51. The molecule has 0 saturated heterocycles. The van der Waals surface area contributed by atoms with Crippen molar-refractivity contribution in [1.82, 2.24) is 4.98 Å². The van der Waals surface area contributed by atoms with Gasteiger partial charge in [0.1, 0.15) is 5.75 Å². The summed E-state index contributed by atoms with van der Waals surface area (Å²) in [6.45, 7) is 1.98. The van der Waals surface area contributed by atoms with Gasteiger partial charge in [0, 0.05) is 16.6 Å². The quantitative estimate of drug-likeness (QED) is 0.770. The fourth-order valence-corrected chi connectivity index (χ4v) is 2.32. The van der Waals surface area contributed by atoms with Crippen LogP contribution in [0.5, 0.6) is 5.75 Å². The molecule has 0 bridgehead atoms. The summed E-state index contributed by atoms with van der Waals surface area (Å²) < 4.78 is 5.22. The molecule has 0 saturated carbocycles. The fraction of sp³-hybridized carbons (Fsp3) is 0.118. The van der Waals surface area contributed by atoms with Crippen LogP contribution in [0.15, 0.2) is 53.3 Å². The number of rotatable bonds is 2. The number of aryl methyl sites for hydroxylation is 1. The zero-order valence-electron chi connectivity index (χ0n) is 11.4. The Morgan fingerprint density at radius 3 is 2.70 bits per heavy atom. The highest BCUT2D eigenvalue weighted by molar-refractivity contribution is 5.85. The molecule has 0 aliphatic heterocycles. The predicted molar refractivity (Wildman–Crippen MR) is 81.3 cm³/mol. The first-order chi connectivity index (χ1) is 9.67. The van der Waals surface area contributed by atoms with Gasteiger partial charge >= 0.3 is 0 Å². The molecule has 1 aromatic heterocycles. The maximum absolute atomic E-state index is 12.2. The number of ether oxygens (including phenoxy) is 1. The van der Waals surface area contributed by atoms with Gasteiger partial charge in [-0.05, 0) is 36.6 Å². The number of fused-ring (bicyclic) bond motifs is 1. The first-order valence-electron chi connectivity index (χ1n) is 6.45. The Bertz CT molecular complexity index is 834. The number of nitrogens with one attached hydrogen (secondary N) is 1. The van der Waals surface area contributed by atoms with Crippen molar-refractivity contribution in [3.63, 3.8) is 0 Å². The Hall–Kier alpha value is -2.55. The van der Waals surface area contributed by atoms with Crippen molar-refractivity contribution < 1.29 is 4.74 Å². The topological polar surface area (TPSA) is 42.1 Å². The van der Waals surface area contributed by atoms with Gasteiger partial charge in [-0.2, -0.15) is 0 Å². The minimum atomic E-state index is -0.0657. The van der Waals surface area contributed by atoms with Gasteiger partial charge in [0.25, 0.3) is 5.56 Å². The van der Waals surface area contributed by atoms with Crippen molar-refractivity contribution >= 4 is 10.8 Å². The Labute approximate surface area is 116 Å². The number of methoxy groups -OCH3 is 1. The van der Waals surface area contributed by atoms with Crippen molar-refractivity contribution in [3.8, 4) is 17.0 Å². The number of pyridine rings is 1. The SMILES string of the molecule is COc1cccc(-c2cc3ccc(C)cc3c(=O)[nH]2)c1. The highest BCUT2D eigenvalue weighted by atomic mass is 16.5. The molecule has 1 N–H and O–H groups in total. The molecule has 0 atom stereocenters. The van der Waals surface area contributed by atoms with E-state index in [1.165, 1.54) is 0 Å². The van der Waals surface area contributed by atoms with Crippen LogP contribution in [-0.4, -0.2) is 12.1 Å². The number of hydrogen-bond acceptors (Lipinski definition) is 2. The van der Waals surface area contributed by atoms with Crippen LogP contribution in [0, 0.1) is 6.92 Å². The minimum Gasteiger partial charge on any atom is -0.497 e. The molecule has 0 radical (unpaired) electrons. The largest absolute Gasteiger partial charge is 0.497 e. The molecule has 0 unspecified atom stereocenters. The van der Waals surface area contributed by atoms with Crippen molar-refractivity contribution in [3.05, 3.63) is 64.4 Å². The highest BCUT2D eigenvalue weighted by Crippen LogP contribution is 2.23. The molecule has 3 nitrogen and oxygen atoms in total. The molecule has 3 rings (SSSR count). The van der Waals surface area contributed by atoms with E-state index in [0.29, 0.717) is 0 Å². The van der Waals surface area contributed by atoms with Gasteiger partial charge in [-0.1, -0.05) is 29.8 Å². The van der Waals surface area contributed by atoms with E-state index < -0.39 is 0 Å². The molecule has 20 heavy (non-hydrogen) atoms. The Kier molecular flexibility index (Phi) is 3.03. The molecule has 3 heteroatoms. The molecule has 0 aliphatic rings. The Morgan fingerprint density at radius 2 is 1.90 bits per heavy atom. The standard InChI is InChI=1S/C17H15NO2/c1-11-6-7-12-10-16(18-17(19)15(12)8-11)13-4-3-5-14(9-13)20-2/h3-10H,1-2H3,(H,18,19). The normalized spacial score (nSPS) is 10.7. The van der Waals surface area contributed by atoms with Crippen molar-refractivity contribution in [2.45, 2.75) is 6.92 Å². The molecular weight excluding hydrogens is 250 g/mol. The monoisotopic (exact) mass is 265 g/mol. The molecule has 0 amide bonds. The van der Waals surface area contributed by atoms with E-state index in [-0.39, 0.29) is 5.56 Å². The van der Waals surface area contributed by atoms with Crippen LogP contribution in [0.2, 0.25) is 0 Å². The summed E-state index contributed by atoms with van der Waals surface area (Å²) in [6.07, 6.45) is 0. The van der Waals surface area contributed by atoms with Gasteiger partial charge in [-0.3, -0.25) is 4.79 Å². The second-order valence-electron chi connectivity index (χ2n) is 4.83.